The van der Waals surface area contributed by atoms with Gasteiger partial charge < -0.3 is 10.2 Å². The molecule has 1 N–H and O–H groups in total. The van der Waals surface area contributed by atoms with Crippen LogP contribution in [0, 0.1) is 23.3 Å². The van der Waals surface area contributed by atoms with E-state index < -0.39 is 34.8 Å². The third kappa shape index (κ3) is 0.956. The van der Waals surface area contributed by atoms with Crippen molar-refractivity contribution in [1.29, 1.82) is 0 Å². The molecule has 12 heavy (non-hydrogen) atoms. The third-order valence-electron chi connectivity index (χ3n) is 1.20. The first-order valence-electron chi connectivity index (χ1n) is 2.68. The maximum Gasteiger partial charge on any atom is 0.203 e. The van der Waals surface area contributed by atoms with Crippen molar-refractivity contribution in [2.75, 3.05) is 0 Å². The molecule has 0 fully saturated rings. The molecule has 1 aromatic rings. The second-order valence-electron chi connectivity index (χ2n) is 1.93. The first-order chi connectivity index (χ1) is 5.46. The summed E-state index contributed by atoms with van der Waals surface area (Å²) in [5.41, 5.74) is 0. The SMILES string of the molecule is [O-]c1c(F)c(F)c(O)c(F)c1F. The molecule has 1 aromatic carbocycles. The Morgan fingerprint density at radius 2 is 1.17 bits per heavy atom. The number of benzene rings is 1. The van der Waals surface area contributed by atoms with E-state index >= 15 is 0 Å². The first-order valence-corrected chi connectivity index (χ1v) is 2.68. The molecule has 0 radical (unpaired) electrons. The van der Waals surface area contributed by atoms with Gasteiger partial charge in [0, 0.05) is 0 Å². The Morgan fingerprint density at radius 3 is 1.50 bits per heavy atom. The van der Waals surface area contributed by atoms with E-state index in [-0.39, 0.29) is 0 Å². The number of rotatable bonds is 0. The predicted molar refractivity (Wildman–Crippen MR) is 27.4 cm³/mol. The van der Waals surface area contributed by atoms with Gasteiger partial charge in [0.1, 0.15) is 0 Å². The molecule has 0 saturated carbocycles. The summed E-state index contributed by atoms with van der Waals surface area (Å²) in [5, 5.41) is 18.5. The zero-order chi connectivity index (χ0) is 9.46. The Morgan fingerprint density at radius 1 is 0.833 bits per heavy atom. The number of phenols is 1. The fourth-order valence-corrected chi connectivity index (χ4v) is 0.600. The highest BCUT2D eigenvalue weighted by Gasteiger charge is 2.19. The minimum absolute atomic E-state index is 1.83. The van der Waals surface area contributed by atoms with E-state index in [0.717, 1.165) is 0 Å². The summed E-state index contributed by atoms with van der Waals surface area (Å²) in [6.45, 7) is 0. The summed E-state index contributed by atoms with van der Waals surface area (Å²) >= 11 is 0. The molecule has 0 bridgehead atoms. The smallest absolute Gasteiger partial charge is 0.203 e. The van der Waals surface area contributed by atoms with Crippen LogP contribution in [0.3, 0.4) is 0 Å². The van der Waals surface area contributed by atoms with Crippen molar-refractivity contribution in [3.63, 3.8) is 0 Å². The highest BCUT2D eigenvalue weighted by Crippen LogP contribution is 2.30. The number of phenolic OH excluding ortho intramolecular Hbond substituents is 1. The van der Waals surface area contributed by atoms with Crippen molar-refractivity contribution in [3.05, 3.63) is 23.3 Å². The maximum atomic E-state index is 12.2. The van der Waals surface area contributed by atoms with E-state index in [1.165, 1.54) is 0 Å². The van der Waals surface area contributed by atoms with Gasteiger partial charge in [-0.1, -0.05) is 0 Å². The molecule has 1 rings (SSSR count). The zero-order valence-electron chi connectivity index (χ0n) is 5.37. The van der Waals surface area contributed by atoms with Crippen LogP contribution < -0.4 is 5.11 Å². The van der Waals surface area contributed by atoms with Crippen LogP contribution in [0.5, 0.6) is 11.5 Å². The second-order valence-corrected chi connectivity index (χ2v) is 1.93. The molecule has 6 heteroatoms. The molecule has 0 unspecified atom stereocenters. The summed E-state index contributed by atoms with van der Waals surface area (Å²) in [4.78, 5) is 0. The fraction of sp³-hybridized carbons (Fsp3) is 0. The molecule has 0 heterocycles. The Labute approximate surface area is 63.7 Å². The zero-order valence-corrected chi connectivity index (χ0v) is 5.37. The number of hydrogen-bond acceptors (Lipinski definition) is 2. The molecule has 2 nitrogen and oxygen atoms in total. The van der Waals surface area contributed by atoms with Crippen molar-refractivity contribution in [2.45, 2.75) is 0 Å². The Hall–Kier alpha value is -1.46. The summed E-state index contributed by atoms with van der Waals surface area (Å²) < 4.78 is 48.8. The van der Waals surface area contributed by atoms with Gasteiger partial charge in [0.15, 0.2) is 17.4 Å². The highest BCUT2D eigenvalue weighted by molar-refractivity contribution is 5.35. The van der Waals surface area contributed by atoms with Gasteiger partial charge in [0.2, 0.25) is 11.6 Å². The Kier molecular flexibility index (Phi) is 1.83. The average molecular weight is 181 g/mol. The van der Waals surface area contributed by atoms with Crippen molar-refractivity contribution in [2.24, 2.45) is 0 Å². The lowest BCUT2D eigenvalue weighted by atomic mass is 10.2. The molecular formula is C6HF4O2-. The minimum atomic E-state index is -2.13. The van der Waals surface area contributed by atoms with Gasteiger partial charge in [0.25, 0.3) is 0 Å². The van der Waals surface area contributed by atoms with Gasteiger partial charge in [-0.3, -0.25) is 0 Å². The minimum Gasteiger partial charge on any atom is -0.868 e. The summed E-state index contributed by atoms with van der Waals surface area (Å²) in [6.07, 6.45) is 0. The molecule has 0 spiro atoms. The molecule has 0 aliphatic carbocycles. The van der Waals surface area contributed by atoms with Crippen molar-refractivity contribution < 1.29 is 27.8 Å². The van der Waals surface area contributed by atoms with Gasteiger partial charge in [0.05, 0.1) is 0 Å². The van der Waals surface area contributed by atoms with Gasteiger partial charge in [-0.2, -0.15) is 8.78 Å². The predicted octanol–water partition coefficient (Wildman–Crippen LogP) is 1.02. The van der Waals surface area contributed by atoms with Gasteiger partial charge in [-0.25, -0.2) is 8.78 Å². The van der Waals surface area contributed by atoms with Crippen LogP contribution in [0.2, 0.25) is 0 Å². The lowest BCUT2D eigenvalue weighted by Gasteiger charge is -2.10. The third-order valence-corrected chi connectivity index (χ3v) is 1.20. The average Bonchev–Trinajstić information content (AvgIpc) is 2.08. The topological polar surface area (TPSA) is 43.3 Å². The molecule has 0 atom stereocenters. The number of hydrogen-bond donors (Lipinski definition) is 1. The van der Waals surface area contributed by atoms with Crippen LogP contribution >= 0.6 is 0 Å². The highest BCUT2D eigenvalue weighted by atomic mass is 19.2. The lowest BCUT2D eigenvalue weighted by Crippen LogP contribution is -2.04. The molecule has 0 aromatic heterocycles. The van der Waals surface area contributed by atoms with E-state index in [4.69, 9.17) is 5.11 Å². The normalized spacial score (nSPS) is 10.3. The summed E-state index contributed by atoms with van der Waals surface area (Å²) in [6, 6.07) is 0. The van der Waals surface area contributed by atoms with Crippen LogP contribution in [-0.2, 0) is 0 Å². The van der Waals surface area contributed by atoms with E-state index in [9.17, 15) is 22.7 Å². The Bertz CT molecular complexity index is 232. The van der Waals surface area contributed by atoms with Crippen LogP contribution in [0.25, 0.3) is 0 Å². The monoisotopic (exact) mass is 181 g/mol. The molecule has 0 saturated heterocycles. The molecule has 66 valence electrons. The van der Waals surface area contributed by atoms with Crippen LogP contribution in [0.1, 0.15) is 0 Å². The number of aromatic hydroxyl groups is 1. The van der Waals surface area contributed by atoms with Gasteiger partial charge in [-0.05, 0) is 5.75 Å². The van der Waals surface area contributed by atoms with Crippen LogP contribution in [-0.4, -0.2) is 5.11 Å². The van der Waals surface area contributed by atoms with E-state index in [0.29, 0.717) is 0 Å². The fourth-order valence-electron chi connectivity index (χ4n) is 0.600. The van der Waals surface area contributed by atoms with Gasteiger partial charge >= 0.3 is 0 Å². The van der Waals surface area contributed by atoms with Gasteiger partial charge in [-0.15, -0.1) is 0 Å². The van der Waals surface area contributed by atoms with Crippen molar-refractivity contribution in [3.8, 4) is 11.5 Å². The van der Waals surface area contributed by atoms with Crippen molar-refractivity contribution in [1.82, 2.24) is 0 Å². The van der Waals surface area contributed by atoms with Crippen LogP contribution in [0.15, 0.2) is 0 Å². The van der Waals surface area contributed by atoms with Crippen molar-refractivity contribution >= 4 is 0 Å². The van der Waals surface area contributed by atoms with E-state index in [2.05, 4.69) is 0 Å². The molecule has 0 amide bonds. The summed E-state index contributed by atoms with van der Waals surface area (Å²) in [5.74, 6) is -12.3. The quantitative estimate of drug-likeness (QED) is 0.479. The maximum absolute atomic E-state index is 12.2. The Balaban J connectivity index is 3.60. The standard InChI is InChI=1S/C6H2F4O2/c7-1-2(8)6(12)4(10)3(9)5(1)11/h11-12H/p-1. The molecule has 0 aliphatic rings. The lowest BCUT2D eigenvalue weighted by molar-refractivity contribution is -0.277. The first kappa shape index (κ1) is 8.63. The molecular weight excluding hydrogens is 180 g/mol. The molecule has 0 aliphatic heterocycles. The van der Waals surface area contributed by atoms with Crippen LogP contribution in [0.4, 0.5) is 17.6 Å². The second kappa shape index (κ2) is 2.54. The van der Waals surface area contributed by atoms with E-state index in [1.54, 1.807) is 0 Å². The summed E-state index contributed by atoms with van der Waals surface area (Å²) in [7, 11) is 0. The van der Waals surface area contributed by atoms with E-state index in [1.807, 2.05) is 0 Å². The largest absolute Gasteiger partial charge is 0.868 e. The number of halogens is 4.